The highest BCUT2D eigenvalue weighted by molar-refractivity contribution is 5.94. The van der Waals surface area contributed by atoms with Gasteiger partial charge >= 0.3 is 0 Å². The van der Waals surface area contributed by atoms with Crippen molar-refractivity contribution in [3.63, 3.8) is 0 Å². The molecule has 1 unspecified atom stereocenters. The Balaban J connectivity index is 1.55. The summed E-state index contributed by atoms with van der Waals surface area (Å²) in [6.45, 7) is 1.59. The van der Waals surface area contributed by atoms with E-state index in [0.29, 0.717) is 23.7 Å². The van der Waals surface area contributed by atoms with Crippen LogP contribution in [-0.2, 0) is 13.0 Å². The highest BCUT2D eigenvalue weighted by Gasteiger charge is 2.20. The number of aryl methyl sites for hydroxylation is 1. The number of amides is 1. The average Bonchev–Trinajstić information content (AvgIpc) is 3.12. The van der Waals surface area contributed by atoms with Crippen molar-refractivity contribution in [1.82, 2.24) is 19.9 Å². The SMILES string of the molecule is N#Cc1cc(C(=O)NCC2CCn3ccnc3C2)c[nH]1. The first-order valence-electron chi connectivity index (χ1n) is 6.63. The van der Waals surface area contributed by atoms with Gasteiger partial charge in [-0.1, -0.05) is 0 Å². The number of rotatable bonds is 3. The van der Waals surface area contributed by atoms with Crippen LogP contribution in [0.25, 0.3) is 0 Å². The smallest absolute Gasteiger partial charge is 0.252 e. The molecule has 6 heteroatoms. The maximum Gasteiger partial charge on any atom is 0.252 e. The zero-order valence-electron chi connectivity index (χ0n) is 11.0. The van der Waals surface area contributed by atoms with Gasteiger partial charge in [0.1, 0.15) is 17.6 Å². The van der Waals surface area contributed by atoms with Gasteiger partial charge in [-0.05, 0) is 18.4 Å². The fraction of sp³-hybridized carbons (Fsp3) is 0.357. The van der Waals surface area contributed by atoms with E-state index in [0.717, 1.165) is 25.2 Å². The van der Waals surface area contributed by atoms with Crippen molar-refractivity contribution < 1.29 is 4.79 Å². The lowest BCUT2D eigenvalue weighted by Gasteiger charge is -2.23. The summed E-state index contributed by atoms with van der Waals surface area (Å²) in [7, 11) is 0. The van der Waals surface area contributed by atoms with E-state index in [1.165, 1.54) is 0 Å². The molecule has 0 bridgehead atoms. The van der Waals surface area contributed by atoms with E-state index in [2.05, 4.69) is 19.9 Å². The third-order valence-corrected chi connectivity index (χ3v) is 3.67. The van der Waals surface area contributed by atoms with Crippen molar-refractivity contribution in [2.45, 2.75) is 19.4 Å². The third kappa shape index (κ3) is 2.43. The molecule has 0 saturated carbocycles. The van der Waals surface area contributed by atoms with Crippen molar-refractivity contribution in [1.29, 1.82) is 5.26 Å². The molecule has 2 aromatic heterocycles. The van der Waals surface area contributed by atoms with Crippen LogP contribution in [0.3, 0.4) is 0 Å². The van der Waals surface area contributed by atoms with E-state index in [9.17, 15) is 4.79 Å². The molecular formula is C14H15N5O. The van der Waals surface area contributed by atoms with Gasteiger partial charge in [0.25, 0.3) is 5.91 Å². The predicted octanol–water partition coefficient (Wildman–Crippen LogP) is 1.08. The molecule has 0 radical (unpaired) electrons. The van der Waals surface area contributed by atoms with Crippen molar-refractivity contribution in [2.24, 2.45) is 5.92 Å². The number of fused-ring (bicyclic) bond motifs is 1. The van der Waals surface area contributed by atoms with E-state index in [1.807, 2.05) is 18.5 Å². The Morgan fingerprint density at radius 1 is 1.65 bits per heavy atom. The van der Waals surface area contributed by atoms with Crippen LogP contribution in [0.15, 0.2) is 24.7 Å². The van der Waals surface area contributed by atoms with Crippen LogP contribution in [0, 0.1) is 17.2 Å². The number of carbonyl (C=O) groups is 1. The second-order valence-electron chi connectivity index (χ2n) is 5.02. The summed E-state index contributed by atoms with van der Waals surface area (Å²) in [6, 6.07) is 3.53. The number of aromatic amines is 1. The molecule has 3 heterocycles. The number of H-pyrrole nitrogens is 1. The fourth-order valence-corrected chi connectivity index (χ4v) is 2.52. The highest BCUT2D eigenvalue weighted by Crippen LogP contribution is 2.18. The summed E-state index contributed by atoms with van der Waals surface area (Å²) in [5.74, 6) is 1.36. The predicted molar refractivity (Wildman–Crippen MR) is 71.9 cm³/mol. The normalized spacial score (nSPS) is 17.2. The lowest BCUT2D eigenvalue weighted by atomic mass is 9.98. The Morgan fingerprint density at radius 3 is 3.35 bits per heavy atom. The first-order chi connectivity index (χ1) is 9.76. The van der Waals surface area contributed by atoms with Crippen LogP contribution in [0.2, 0.25) is 0 Å². The lowest BCUT2D eigenvalue weighted by Crippen LogP contribution is -2.33. The van der Waals surface area contributed by atoms with Gasteiger partial charge in [-0.3, -0.25) is 4.79 Å². The zero-order chi connectivity index (χ0) is 13.9. The van der Waals surface area contributed by atoms with E-state index in [-0.39, 0.29) is 5.91 Å². The van der Waals surface area contributed by atoms with Crippen molar-refractivity contribution in [3.05, 3.63) is 41.7 Å². The maximum absolute atomic E-state index is 12.0. The van der Waals surface area contributed by atoms with Crippen LogP contribution in [0.5, 0.6) is 0 Å². The molecule has 20 heavy (non-hydrogen) atoms. The maximum atomic E-state index is 12.0. The summed E-state index contributed by atoms with van der Waals surface area (Å²) >= 11 is 0. The Morgan fingerprint density at radius 2 is 2.55 bits per heavy atom. The summed E-state index contributed by atoms with van der Waals surface area (Å²) in [5.41, 5.74) is 0.897. The first-order valence-corrected chi connectivity index (χ1v) is 6.63. The second-order valence-corrected chi connectivity index (χ2v) is 5.02. The van der Waals surface area contributed by atoms with Gasteiger partial charge in [0.05, 0.1) is 5.56 Å². The number of hydrogen-bond donors (Lipinski definition) is 2. The number of nitriles is 1. The second kappa shape index (κ2) is 5.21. The van der Waals surface area contributed by atoms with E-state index >= 15 is 0 Å². The topological polar surface area (TPSA) is 86.5 Å². The molecule has 0 aliphatic carbocycles. The largest absolute Gasteiger partial charge is 0.352 e. The molecule has 3 rings (SSSR count). The van der Waals surface area contributed by atoms with E-state index in [4.69, 9.17) is 5.26 Å². The molecule has 102 valence electrons. The van der Waals surface area contributed by atoms with E-state index in [1.54, 1.807) is 12.3 Å². The molecule has 2 aromatic rings. The summed E-state index contributed by atoms with van der Waals surface area (Å²) < 4.78 is 2.16. The van der Waals surface area contributed by atoms with Crippen LogP contribution >= 0.6 is 0 Å². The number of nitrogens with one attached hydrogen (secondary N) is 2. The minimum atomic E-state index is -0.142. The van der Waals surface area contributed by atoms with Crippen molar-refractivity contribution in [2.75, 3.05) is 6.54 Å². The molecule has 0 aromatic carbocycles. The Kier molecular flexibility index (Phi) is 3.25. The minimum Gasteiger partial charge on any atom is -0.352 e. The monoisotopic (exact) mass is 269 g/mol. The number of aromatic nitrogens is 3. The Labute approximate surface area is 116 Å². The molecule has 1 aliphatic rings. The van der Waals surface area contributed by atoms with Crippen LogP contribution in [-0.4, -0.2) is 27.0 Å². The van der Waals surface area contributed by atoms with Gasteiger partial charge in [-0.15, -0.1) is 0 Å². The molecule has 1 aliphatic heterocycles. The van der Waals surface area contributed by atoms with Crippen LogP contribution in [0.1, 0.15) is 28.3 Å². The van der Waals surface area contributed by atoms with Gasteiger partial charge in [-0.25, -0.2) is 4.98 Å². The number of hydrogen-bond acceptors (Lipinski definition) is 3. The Bertz CT molecular complexity index is 663. The van der Waals surface area contributed by atoms with Crippen LogP contribution in [0.4, 0.5) is 0 Å². The molecule has 0 spiro atoms. The quantitative estimate of drug-likeness (QED) is 0.874. The number of imidazole rings is 1. The minimum absolute atomic E-state index is 0.142. The number of carbonyl (C=O) groups excluding carboxylic acids is 1. The van der Waals surface area contributed by atoms with Crippen LogP contribution < -0.4 is 5.32 Å². The third-order valence-electron chi connectivity index (χ3n) is 3.67. The van der Waals surface area contributed by atoms with Gasteiger partial charge in [0.15, 0.2) is 0 Å². The molecule has 6 nitrogen and oxygen atoms in total. The average molecular weight is 269 g/mol. The van der Waals surface area contributed by atoms with Crippen molar-refractivity contribution >= 4 is 5.91 Å². The van der Waals surface area contributed by atoms with Gasteiger partial charge < -0.3 is 14.9 Å². The molecule has 0 fully saturated rings. The van der Waals surface area contributed by atoms with Gasteiger partial charge in [0, 0.05) is 38.1 Å². The molecule has 2 N–H and O–H groups in total. The molecule has 1 atom stereocenters. The summed E-state index contributed by atoms with van der Waals surface area (Å²) in [4.78, 5) is 19.0. The molecule has 0 saturated heterocycles. The van der Waals surface area contributed by atoms with Gasteiger partial charge in [-0.2, -0.15) is 5.26 Å². The van der Waals surface area contributed by atoms with Crippen molar-refractivity contribution in [3.8, 4) is 6.07 Å². The standard InChI is InChI=1S/C14H15N5O/c15-7-12-6-11(9-17-12)14(20)18-8-10-1-3-19-4-2-16-13(19)5-10/h2,4,6,9-10,17H,1,3,5,8H2,(H,18,20). The van der Waals surface area contributed by atoms with Gasteiger partial charge in [0.2, 0.25) is 0 Å². The highest BCUT2D eigenvalue weighted by atomic mass is 16.1. The molecule has 1 amide bonds. The Hall–Kier alpha value is -2.55. The van der Waals surface area contributed by atoms with E-state index < -0.39 is 0 Å². The number of nitrogens with zero attached hydrogens (tertiary/aromatic N) is 3. The zero-order valence-corrected chi connectivity index (χ0v) is 11.0. The molecular weight excluding hydrogens is 254 g/mol. The summed E-state index contributed by atoms with van der Waals surface area (Å²) in [5, 5.41) is 11.6. The summed E-state index contributed by atoms with van der Waals surface area (Å²) in [6.07, 6.45) is 7.30. The first kappa shape index (κ1) is 12.5. The fourth-order valence-electron chi connectivity index (χ4n) is 2.52. The lowest BCUT2D eigenvalue weighted by molar-refractivity contribution is 0.0944.